The van der Waals surface area contributed by atoms with E-state index in [1.54, 1.807) is 0 Å². The van der Waals surface area contributed by atoms with E-state index in [2.05, 4.69) is 23.8 Å². The number of halogens is 1. The van der Waals surface area contributed by atoms with Crippen LogP contribution in [-0.4, -0.2) is 34.3 Å². The van der Waals surface area contributed by atoms with Gasteiger partial charge in [0.15, 0.2) is 5.82 Å². The summed E-state index contributed by atoms with van der Waals surface area (Å²) < 4.78 is 1.98. The molecule has 0 amide bonds. The number of hydrogen-bond donors (Lipinski definition) is 1. The van der Waals surface area contributed by atoms with Gasteiger partial charge in [-0.3, -0.25) is 4.68 Å². The summed E-state index contributed by atoms with van der Waals surface area (Å²) in [7, 11) is 0. The Morgan fingerprint density at radius 3 is 2.74 bits per heavy atom. The molecule has 1 aromatic heterocycles. The number of nitrogens with two attached hydrogens (primary N) is 1. The van der Waals surface area contributed by atoms with Gasteiger partial charge >= 0.3 is 0 Å². The topological polar surface area (TPSA) is 47.1 Å². The van der Waals surface area contributed by atoms with Gasteiger partial charge in [-0.15, -0.1) is 0 Å². The molecule has 0 bridgehead atoms. The third kappa shape index (κ3) is 3.19. The molecule has 0 saturated carbocycles. The van der Waals surface area contributed by atoms with Crippen LogP contribution in [0, 0.1) is 0 Å². The number of benzene rings is 1. The molecule has 2 rings (SSSR count). The fourth-order valence-electron chi connectivity index (χ4n) is 2.33. The lowest BCUT2D eigenvalue weighted by molar-refractivity contribution is 0.292. The van der Waals surface area contributed by atoms with E-state index in [0.717, 1.165) is 43.5 Å². The Kier molecular flexibility index (Phi) is 4.66. The predicted octanol–water partition coefficient (Wildman–Crippen LogP) is 3.00. The van der Waals surface area contributed by atoms with E-state index in [-0.39, 0.29) is 0 Å². The number of hydrogen-bond acceptors (Lipinski definition) is 3. The van der Waals surface area contributed by atoms with E-state index in [1.165, 1.54) is 0 Å². The highest BCUT2D eigenvalue weighted by molar-refractivity contribution is 6.31. The molecule has 0 saturated heterocycles. The van der Waals surface area contributed by atoms with Crippen LogP contribution in [0.3, 0.4) is 0 Å². The van der Waals surface area contributed by atoms with Gasteiger partial charge in [0.1, 0.15) is 0 Å². The van der Waals surface area contributed by atoms with Crippen molar-refractivity contribution in [3.05, 3.63) is 23.2 Å². The Hall–Kier alpha value is -1.26. The number of anilines is 1. The van der Waals surface area contributed by atoms with Crippen molar-refractivity contribution in [1.82, 2.24) is 14.7 Å². The Bertz CT molecular complexity index is 546. The fraction of sp³-hybridized carbons (Fsp3) is 0.500. The van der Waals surface area contributed by atoms with Crippen molar-refractivity contribution >= 4 is 28.3 Å². The summed E-state index contributed by atoms with van der Waals surface area (Å²) >= 11 is 5.98. The van der Waals surface area contributed by atoms with Crippen LogP contribution in [0.5, 0.6) is 0 Å². The maximum absolute atomic E-state index is 5.98. The van der Waals surface area contributed by atoms with Crippen LogP contribution in [0.1, 0.15) is 20.3 Å². The number of rotatable bonds is 6. The molecule has 0 radical (unpaired) electrons. The highest BCUT2D eigenvalue weighted by atomic mass is 35.5. The van der Waals surface area contributed by atoms with E-state index >= 15 is 0 Å². The van der Waals surface area contributed by atoms with Crippen molar-refractivity contribution in [3.63, 3.8) is 0 Å². The first-order valence-electron chi connectivity index (χ1n) is 6.79. The predicted molar refractivity (Wildman–Crippen MR) is 81.6 cm³/mol. The molecule has 0 unspecified atom stereocenters. The summed E-state index contributed by atoms with van der Waals surface area (Å²) in [6.45, 7) is 8.52. The molecule has 2 N–H and O–H groups in total. The lowest BCUT2D eigenvalue weighted by atomic mass is 10.2. The zero-order valence-electron chi connectivity index (χ0n) is 11.6. The first kappa shape index (κ1) is 14.2. The van der Waals surface area contributed by atoms with Crippen molar-refractivity contribution < 1.29 is 0 Å². The average Bonchev–Trinajstić information content (AvgIpc) is 2.71. The maximum Gasteiger partial charge on any atom is 0.153 e. The van der Waals surface area contributed by atoms with Crippen molar-refractivity contribution in [3.8, 4) is 0 Å². The Morgan fingerprint density at radius 2 is 2.05 bits per heavy atom. The lowest BCUT2D eigenvalue weighted by Gasteiger charge is -2.17. The summed E-state index contributed by atoms with van der Waals surface area (Å²) in [6, 6.07) is 5.74. The van der Waals surface area contributed by atoms with Gasteiger partial charge in [-0.25, -0.2) is 0 Å². The van der Waals surface area contributed by atoms with Crippen molar-refractivity contribution in [2.24, 2.45) is 0 Å². The summed E-state index contributed by atoms with van der Waals surface area (Å²) in [5.74, 6) is 0.556. The molecular formula is C14H21ClN4. The van der Waals surface area contributed by atoms with Crippen molar-refractivity contribution in [2.75, 3.05) is 25.4 Å². The van der Waals surface area contributed by atoms with Crippen LogP contribution < -0.4 is 5.73 Å². The normalized spacial score (nSPS) is 11.6. The summed E-state index contributed by atoms with van der Waals surface area (Å²) in [5.41, 5.74) is 6.99. The highest BCUT2D eigenvalue weighted by Gasteiger charge is 2.08. The van der Waals surface area contributed by atoms with Gasteiger partial charge in [-0.05, 0) is 44.3 Å². The molecule has 5 heteroatoms. The highest BCUT2D eigenvalue weighted by Crippen LogP contribution is 2.24. The zero-order chi connectivity index (χ0) is 13.8. The van der Waals surface area contributed by atoms with Gasteiger partial charge in [-0.1, -0.05) is 25.4 Å². The molecule has 104 valence electrons. The number of aromatic nitrogens is 2. The monoisotopic (exact) mass is 280 g/mol. The molecule has 0 fully saturated rings. The van der Waals surface area contributed by atoms with Crippen LogP contribution in [0.2, 0.25) is 5.02 Å². The van der Waals surface area contributed by atoms with E-state index < -0.39 is 0 Å². The molecule has 4 nitrogen and oxygen atoms in total. The van der Waals surface area contributed by atoms with Gasteiger partial charge in [-0.2, -0.15) is 5.10 Å². The van der Waals surface area contributed by atoms with Gasteiger partial charge in [0.2, 0.25) is 0 Å². The van der Waals surface area contributed by atoms with E-state index in [0.29, 0.717) is 10.8 Å². The minimum Gasteiger partial charge on any atom is -0.382 e. The van der Waals surface area contributed by atoms with Crippen molar-refractivity contribution in [2.45, 2.75) is 26.8 Å². The average molecular weight is 281 g/mol. The fourth-order valence-corrected chi connectivity index (χ4v) is 2.50. The van der Waals surface area contributed by atoms with Gasteiger partial charge in [0, 0.05) is 17.0 Å². The SMILES string of the molecule is CCN(CC)CCCn1nc(N)c2cc(Cl)ccc21. The van der Waals surface area contributed by atoms with Crippen molar-refractivity contribution in [1.29, 1.82) is 0 Å². The van der Waals surface area contributed by atoms with E-state index in [1.807, 2.05) is 22.9 Å². The van der Waals surface area contributed by atoms with Gasteiger partial charge in [0.05, 0.1) is 5.52 Å². The molecule has 2 aromatic rings. The van der Waals surface area contributed by atoms with Crippen LogP contribution >= 0.6 is 11.6 Å². The Morgan fingerprint density at radius 1 is 1.32 bits per heavy atom. The zero-order valence-corrected chi connectivity index (χ0v) is 12.3. The van der Waals surface area contributed by atoms with E-state index in [9.17, 15) is 0 Å². The molecule has 1 aromatic carbocycles. The number of nitrogen functional groups attached to an aromatic ring is 1. The minimum absolute atomic E-state index is 0.556. The van der Waals surface area contributed by atoms with Crippen LogP contribution in [0.15, 0.2) is 18.2 Å². The Labute approximate surface area is 119 Å². The van der Waals surface area contributed by atoms with Gasteiger partial charge < -0.3 is 10.6 Å². The van der Waals surface area contributed by atoms with Crippen LogP contribution in [0.25, 0.3) is 10.9 Å². The lowest BCUT2D eigenvalue weighted by Crippen LogP contribution is -2.25. The summed E-state index contributed by atoms with van der Waals surface area (Å²) in [5, 5.41) is 6.03. The minimum atomic E-state index is 0.556. The standard InChI is InChI=1S/C14H21ClN4/c1-3-18(4-2)8-5-9-19-13-7-6-11(15)10-12(13)14(16)17-19/h6-7,10H,3-5,8-9H2,1-2H3,(H2,16,17). The smallest absolute Gasteiger partial charge is 0.153 e. The number of nitrogens with zero attached hydrogens (tertiary/aromatic N) is 3. The molecule has 1 heterocycles. The molecule has 0 aliphatic heterocycles. The third-order valence-electron chi connectivity index (χ3n) is 3.48. The Balaban J connectivity index is 2.09. The molecule has 0 spiro atoms. The molecule has 19 heavy (non-hydrogen) atoms. The summed E-state index contributed by atoms with van der Waals surface area (Å²) in [6.07, 6.45) is 1.07. The molecule has 0 aliphatic rings. The molecule has 0 atom stereocenters. The second-order valence-corrected chi connectivity index (χ2v) is 5.09. The molecule has 0 aliphatic carbocycles. The maximum atomic E-state index is 5.98. The summed E-state index contributed by atoms with van der Waals surface area (Å²) in [4.78, 5) is 2.41. The largest absolute Gasteiger partial charge is 0.382 e. The third-order valence-corrected chi connectivity index (χ3v) is 3.71. The quantitative estimate of drug-likeness (QED) is 0.885. The van der Waals surface area contributed by atoms with Gasteiger partial charge in [0.25, 0.3) is 0 Å². The molecular weight excluding hydrogens is 260 g/mol. The van der Waals surface area contributed by atoms with E-state index in [4.69, 9.17) is 17.3 Å². The first-order chi connectivity index (χ1) is 9.15. The van der Waals surface area contributed by atoms with Crippen LogP contribution in [-0.2, 0) is 6.54 Å². The number of aryl methyl sites for hydroxylation is 1. The first-order valence-corrected chi connectivity index (χ1v) is 7.17. The second-order valence-electron chi connectivity index (χ2n) is 4.65. The second kappa shape index (κ2) is 6.26. The number of fused-ring (bicyclic) bond motifs is 1. The van der Waals surface area contributed by atoms with Crippen LogP contribution in [0.4, 0.5) is 5.82 Å².